The molecule has 0 aromatic rings. The largest absolute Gasteiger partial charge is 0.327 e. The van der Waals surface area contributed by atoms with E-state index in [1.807, 2.05) is 0 Å². The van der Waals surface area contributed by atoms with Crippen LogP contribution in [-0.4, -0.2) is 6.04 Å². The minimum Gasteiger partial charge on any atom is -0.327 e. The molecule has 13 heavy (non-hydrogen) atoms. The van der Waals surface area contributed by atoms with Gasteiger partial charge in [0.05, 0.1) is 0 Å². The van der Waals surface area contributed by atoms with Crippen LogP contribution in [0.2, 0.25) is 0 Å². The Balaban J connectivity index is 2.57. The van der Waals surface area contributed by atoms with Crippen LogP contribution < -0.4 is 5.73 Å². The highest BCUT2D eigenvalue weighted by atomic mass is 14.7. The first-order chi connectivity index (χ1) is 6.22. The molecule has 4 atom stereocenters. The van der Waals surface area contributed by atoms with Crippen molar-refractivity contribution < 1.29 is 0 Å². The van der Waals surface area contributed by atoms with Crippen LogP contribution in [0.1, 0.15) is 52.9 Å². The van der Waals surface area contributed by atoms with Gasteiger partial charge in [-0.2, -0.15) is 0 Å². The molecule has 0 spiro atoms. The van der Waals surface area contributed by atoms with Crippen molar-refractivity contribution in [2.75, 3.05) is 0 Å². The first-order valence-corrected chi connectivity index (χ1v) is 5.98. The van der Waals surface area contributed by atoms with Crippen molar-refractivity contribution >= 4 is 0 Å². The molecule has 1 rings (SSSR count). The van der Waals surface area contributed by atoms with Gasteiger partial charge in [-0.1, -0.05) is 40.0 Å². The zero-order valence-corrected chi connectivity index (χ0v) is 9.42. The van der Waals surface area contributed by atoms with Crippen LogP contribution in [0.5, 0.6) is 0 Å². The monoisotopic (exact) mass is 183 g/mol. The van der Waals surface area contributed by atoms with Crippen LogP contribution in [-0.2, 0) is 0 Å². The average molecular weight is 183 g/mol. The Morgan fingerprint density at radius 1 is 1.00 bits per heavy atom. The molecule has 1 fully saturated rings. The summed E-state index contributed by atoms with van der Waals surface area (Å²) < 4.78 is 0. The highest BCUT2D eigenvalue weighted by Crippen LogP contribution is 2.38. The van der Waals surface area contributed by atoms with E-state index in [0.717, 1.165) is 17.8 Å². The molecule has 2 N–H and O–H groups in total. The van der Waals surface area contributed by atoms with Gasteiger partial charge in [-0.15, -0.1) is 0 Å². The van der Waals surface area contributed by atoms with Crippen molar-refractivity contribution in [2.45, 2.75) is 58.9 Å². The fraction of sp³-hybridized carbons (Fsp3) is 1.00. The summed E-state index contributed by atoms with van der Waals surface area (Å²) in [5.74, 6) is 2.61. The second-order valence-corrected chi connectivity index (χ2v) is 4.65. The van der Waals surface area contributed by atoms with Crippen molar-refractivity contribution in [3.05, 3.63) is 0 Å². The van der Waals surface area contributed by atoms with Crippen LogP contribution >= 0.6 is 0 Å². The summed E-state index contributed by atoms with van der Waals surface area (Å²) in [6, 6.07) is 0.480. The normalized spacial score (nSPS) is 40.6. The second kappa shape index (κ2) is 4.99. The van der Waals surface area contributed by atoms with Gasteiger partial charge in [0.2, 0.25) is 0 Å². The number of hydrogen-bond donors (Lipinski definition) is 1. The van der Waals surface area contributed by atoms with Crippen LogP contribution in [0.3, 0.4) is 0 Å². The van der Waals surface area contributed by atoms with E-state index in [2.05, 4.69) is 20.8 Å². The fourth-order valence-electron chi connectivity index (χ4n) is 3.05. The van der Waals surface area contributed by atoms with E-state index in [1.165, 1.54) is 32.1 Å². The Labute approximate surface area is 83.1 Å². The number of hydrogen-bond acceptors (Lipinski definition) is 1. The third-order valence-electron chi connectivity index (χ3n) is 3.97. The molecule has 78 valence electrons. The van der Waals surface area contributed by atoms with E-state index in [9.17, 15) is 0 Å². The van der Waals surface area contributed by atoms with Crippen molar-refractivity contribution in [2.24, 2.45) is 23.5 Å². The molecular weight excluding hydrogens is 158 g/mol. The van der Waals surface area contributed by atoms with Crippen molar-refractivity contribution in [3.63, 3.8) is 0 Å². The predicted octanol–water partition coefficient (Wildman–Crippen LogP) is 3.19. The van der Waals surface area contributed by atoms with Gasteiger partial charge in [-0.25, -0.2) is 0 Å². The van der Waals surface area contributed by atoms with Gasteiger partial charge < -0.3 is 5.73 Å². The summed E-state index contributed by atoms with van der Waals surface area (Å²) >= 11 is 0. The lowest BCUT2D eigenvalue weighted by Gasteiger charge is -2.39. The van der Waals surface area contributed by atoms with E-state index in [4.69, 9.17) is 5.73 Å². The van der Waals surface area contributed by atoms with Crippen LogP contribution in [0, 0.1) is 17.8 Å². The molecule has 1 aliphatic rings. The summed E-state index contributed by atoms with van der Waals surface area (Å²) in [6.07, 6.45) is 6.62. The quantitative estimate of drug-likeness (QED) is 0.714. The van der Waals surface area contributed by atoms with E-state index < -0.39 is 0 Å². The summed E-state index contributed by atoms with van der Waals surface area (Å²) in [5, 5.41) is 0. The van der Waals surface area contributed by atoms with Gasteiger partial charge >= 0.3 is 0 Å². The first kappa shape index (κ1) is 11.0. The molecule has 0 aliphatic heterocycles. The summed E-state index contributed by atoms with van der Waals surface area (Å²) in [5.41, 5.74) is 6.22. The SMILES string of the molecule is CCC1CC(N)C(CC)C(CC)C1. The molecule has 1 heteroatoms. The van der Waals surface area contributed by atoms with Gasteiger partial charge in [0, 0.05) is 6.04 Å². The molecule has 0 amide bonds. The molecule has 0 bridgehead atoms. The predicted molar refractivity (Wildman–Crippen MR) is 58.6 cm³/mol. The molecule has 0 aromatic carbocycles. The van der Waals surface area contributed by atoms with Gasteiger partial charge in [0.1, 0.15) is 0 Å². The maximum absolute atomic E-state index is 6.22. The van der Waals surface area contributed by atoms with Gasteiger partial charge in [0.25, 0.3) is 0 Å². The van der Waals surface area contributed by atoms with E-state index in [-0.39, 0.29) is 0 Å². The fourth-order valence-corrected chi connectivity index (χ4v) is 3.05. The lowest BCUT2D eigenvalue weighted by molar-refractivity contribution is 0.140. The Hall–Kier alpha value is -0.0400. The molecule has 0 aromatic heterocycles. The number of nitrogens with two attached hydrogens (primary N) is 1. The standard InChI is InChI=1S/C12H25N/c1-4-9-7-10(5-2)11(6-3)12(13)8-9/h9-12H,4-8,13H2,1-3H3. The lowest BCUT2D eigenvalue weighted by Crippen LogP contribution is -2.41. The molecule has 0 radical (unpaired) electrons. The Kier molecular flexibility index (Phi) is 4.24. The highest BCUT2D eigenvalue weighted by Gasteiger charge is 2.32. The zero-order valence-electron chi connectivity index (χ0n) is 9.42. The molecule has 0 heterocycles. The Morgan fingerprint density at radius 3 is 2.15 bits per heavy atom. The van der Waals surface area contributed by atoms with Crippen molar-refractivity contribution in [1.82, 2.24) is 0 Å². The summed E-state index contributed by atoms with van der Waals surface area (Å²) in [4.78, 5) is 0. The molecule has 0 saturated heterocycles. The van der Waals surface area contributed by atoms with E-state index >= 15 is 0 Å². The van der Waals surface area contributed by atoms with Crippen molar-refractivity contribution in [1.29, 1.82) is 0 Å². The van der Waals surface area contributed by atoms with E-state index in [1.54, 1.807) is 0 Å². The molecule has 4 unspecified atom stereocenters. The minimum absolute atomic E-state index is 0.480. The third kappa shape index (κ3) is 2.46. The maximum atomic E-state index is 6.22. The Morgan fingerprint density at radius 2 is 1.69 bits per heavy atom. The van der Waals surface area contributed by atoms with Gasteiger partial charge in [-0.05, 0) is 30.6 Å². The van der Waals surface area contributed by atoms with Gasteiger partial charge in [-0.3, -0.25) is 0 Å². The molecule has 1 aliphatic carbocycles. The van der Waals surface area contributed by atoms with Crippen LogP contribution in [0.15, 0.2) is 0 Å². The third-order valence-corrected chi connectivity index (χ3v) is 3.97. The highest BCUT2D eigenvalue weighted by molar-refractivity contribution is 4.86. The summed E-state index contributed by atoms with van der Waals surface area (Å²) in [7, 11) is 0. The lowest BCUT2D eigenvalue weighted by atomic mass is 9.69. The smallest absolute Gasteiger partial charge is 0.00723 e. The van der Waals surface area contributed by atoms with Crippen LogP contribution in [0.25, 0.3) is 0 Å². The number of rotatable bonds is 3. The summed E-state index contributed by atoms with van der Waals surface area (Å²) in [6.45, 7) is 6.91. The minimum atomic E-state index is 0.480. The molecular formula is C12H25N. The second-order valence-electron chi connectivity index (χ2n) is 4.65. The van der Waals surface area contributed by atoms with Crippen LogP contribution in [0.4, 0.5) is 0 Å². The Bertz CT molecular complexity index is 144. The topological polar surface area (TPSA) is 26.0 Å². The average Bonchev–Trinajstić information content (AvgIpc) is 2.16. The molecule has 1 saturated carbocycles. The van der Waals surface area contributed by atoms with Gasteiger partial charge in [0.15, 0.2) is 0 Å². The maximum Gasteiger partial charge on any atom is 0.00723 e. The first-order valence-electron chi connectivity index (χ1n) is 5.98. The van der Waals surface area contributed by atoms with Crippen molar-refractivity contribution in [3.8, 4) is 0 Å². The van der Waals surface area contributed by atoms with E-state index in [0.29, 0.717) is 6.04 Å². The zero-order chi connectivity index (χ0) is 9.84. The molecule has 1 nitrogen and oxygen atoms in total.